The van der Waals surface area contributed by atoms with Crippen LogP contribution in [0.15, 0.2) is 24.3 Å². The number of likely N-dealkylation sites (tertiary alicyclic amines) is 1. The third-order valence-corrected chi connectivity index (χ3v) is 4.41. The summed E-state index contributed by atoms with van der Waals surface area (Å²) in [5.74, 6) is 0. The van der Waals surface area contributed by atoms with Crippen LogP contribution in [0.1, 0.15) is 49.3 Å². The van der Waals surface area contributed by atoms with Crippen molar-refractivity contribution in [1.82, 2.24) is 10.2 Å². The van der Waals surface area contributed by atoms with Gasteiger partial charge in [0.1, 0.15) is 0 Å². The minimum atomic E-state index is 0.647. The van der Waals surface area contributed by atoms with Gasteiger partial charge >= 0.3 is 0 Å². The zero-order valence-corrected chi connectivity index (χ0v) is 11.2. The van der Waals surface area contributed by atoms with Gasteiger partial charge in [-0.1, -0.05) is 37.1 Å². The summed E-state index contributed by atoms with van der Waals surface area (Å²) < 4.78 is 0. The molecule has 1 N–H and O–H groups in total. The highest BCUT2D eigenvalue weighted by Gasteiger charge is 2.24. The Labute approximate surface area is 110 Å². The van der Waals surface area contributed by atoms with Gasteiger partial charge in [0.25, 0.3) is 0 Å². The van der Waals surface area contributed by atoms with Crippen LogP contribution in [-0.4, -0.2) is 24.5 Å². The van der Waals surface area contributed by atoms with Gasteiger partial charge in [-0.25, -0.2) is 0 Å². The lowest BCUT2D eigenvalue weighted by Gasteiger charge is -2.31. The second-order valence-corrected chi connectivity index (χ2v) is 5.63. The Kier molecular flexibility index (Phi) is 3.96. The summed E-state index contributed by atoms with van der Waals surface area (Å²) in [6.45, 7) is 4.77. The third-order valence-electron chi connectivity index (χ3n) is 4.41. The van der Waals surface area contributed by atoms with Crippen LogP contribution >= 0.6 is 0 Å². The summed E-state index contributed by atoms with van der Waals surface area (Å²) in [7, 11) is 0. The molecule has 1 fully saturated rings. The van der Waals surface area contributed by atoms with Crippen molar-refractivity contribution in [1.29, 1.82) is 0 Å². The van der Waals surface area contributed by atoms with Crippen LogP contribution in [0.25, 0.3) is 0 Å². The summed E-state index contributed by atoms with van der Waals surface area (Å²) in [5.41, 5.74) is 3.08. The Balaban J connectivity index is 1.86. The van der Waals surface area contributed by atoms with Crippen molar-refractivity contribution >= 4 is 0 Å². The van der Waals surface area contributed by atoms with Crippen LogP contribution in [0.4, 0.5) is 0 Å². The first-order chi connectivity index (χ1) is 8.95. The van der Waals surface area contributed by atoms with Crippen molar-refractivity contribution in [3.05, 3.63) is 35.4 Å². The molecule has 0 aromatic heterocycles. The van der Waals surface area contributed by atoms with E-state index in [1.807, 2.05) is 0 Å². The van der Waals surface area contributed by atoms with Gasteiger partial charge in [0, 0.05) is 12.6 Å². The van der Waals surface area contributed by atoms with Crippen molar-refractivity contribution in [2.45, 2.75) is 44.7 Å². The molecule has 1 aromatic rings. The number of hydrogen-bond acceptors (Lipinski definition) is 2. The van der Waals surface area contributed by atoms with Gasteiger partial charge in [0.15, 0.2) is 0 Å². The molecular weight excluding hydrogens is 220 g/mol. The third kappa shape index (κ3) is 2.60. The predicted octanol–water partition coefficient (Wildman–Crippen LogP) is 3.10. The molecule has 0 amide bonds. The van der Waals surface area contributed by atoms with Crippen molar-refractivity contribution < 1.29 is 0 Å². The maximum atomic E-state index is 3.56. The van der Waals surface area contributed by atoms with Gasteiger partial charge in [0.2, 0.25) is 0 Å². The normalized spacial score (nSPS) is 26.1. The largest absolute Gasteiger partial charge is 0.313 e. The first kappa shape index (κ1) is 12.2. The van der Waals surface area contributed by atoms with Gasteiger partial charge < -0.3 is 5.32 Å². The highest BCUT2D eigenvalue weighted by Crippen LogP contribution is 2.30. The average Bonchev–Trinajstić information content (AvgIpc) is 2.79. The molecule has 0 aliphatic carbocycles. The number of rotatable bonds is 1. The fourth-order valence-corrected chi connectivity index (χ4v) is 3.42. The second kappa shape index (κ2) is 5.85. The van der Waals surface area contributed by atoms with E-state index in [9.17, 15) is 0 Å². The first-order valence-corrected chi connectivity index (χ1v) is 7.48. The van der Waals surface area contributed by atoms with Crippen LogP contribution in [0.5, 0.6) is 0 Å². The Morgan fingerprint density at radius 1 is 1.00 bits per heavy atom. The number of nitrogens with one attached hydrogen (secondary N) is 1. The summed E-state index contributed by atoms with van der Waals surface area (Å²) in [5, 5.41) is 3.56. The smallest absolute Gasteiger partial charge is 0.0363 e. The van der Waals surface area contributed by atoms with Gasteiger partial charge in [-0.15, -0.1) is 0 Å². The van der Waals surface area contributed by atoms with Crippen LogP contribution in [0.3, 0.4) is 0 Å². The van der Waals surface area contributed by atoms with E-state index >= 15 is 0 Å². The number of hydrogen-bond donors (Lipinski definition) is 1. The molecule has 3 rings (SSSR count). The van der Waals surface area contributed by atoms with Gasteiger partial charge in [0.05, 0.1) is 0 Å². The summed E-state index contributed by atoms with van der Waals surface area (Å²) in [6, 6.07) is 9.66. The Morgan fingerprint density at radius 2 is 1.78 bits per heavy atom. The molecule has 0 bridgehead atoms. The standard InChI is InChI=1S/C16H24N2/c1-2-6-12-18(11-5-1)16-9-10-17-13-14-7-3-4-8-15(14)16/h3-4,7-8,16-17H,1-2,5-6,9-13H2. The van der Waals surface area contributed by atoms with Crippen molar-refractivity contribution in [2.75, 3.05) is 19.6 Å². The van der Waals surface area contributed by atoms with E-state index in [2.05, 4.69) is 34.5 Å². The Morgan fingerprint density at radius 3 is 2.61 bits per heavy atom. The van der Waals surface area contributed by atoms with E-state index in [-0.39, 0.29) is 0 Å². The molecule has 2 heterocycles. The lowest BCUT2D eigenvalue weighted by atomic mass is 9.97. The topological polar surface area (TPSA) is 15.3 Å². The monoisotopic (exact) mass is 244 g/mol. The van der Waals surface area contributed by atoms with Crippen LogP contribution in [0.2, 0.25) is 0 Å². The molecular formula is C16H24N2. The SMILES string of the molecule is c1ccc2c(c1)CNCCC2N1CCCCCC1. The molecule has 98 valence electrons. The lowest BCUT2D eigenvalue weighted by Crippen LogP contribution is -2.30. The molecule has 1 unspecified atom stereocenters. The first-order valence-electron chi connectivity index (χ1n) is 7.48. The fraction of sp³-hybridized carbons (Fsp3) is 0.625. The van der Waals surface area contributed by atoms with Crippen molar-refractivity contribution in [2.24, 2.45) is 0 Å². The highest BCUT2D eigenvalue weighted by molar-refractivity contribution is 5.31. The van der Waals surface area contributed by atoms with Gasteiger partial charge in [-0.2, -0.15) is 0 Å². The van der Waals surface area contributed by atoms with Crippen LogP contribution in [0, 0.1) is 0 Å². The van der Waals surface area contributed by atoms with E-state index in [0.29, 0.717) is 6.04 Å². The van der Waals surface area contributed by atoms with E-state index < -0.39 is 0 Å². The molecule has 0 radical (unpaired) electrons. The number of benzene rings is 1. The molecule has 0 spiro atoms. The Hall–Kier alpha value is -0.860. The Bertz CT molecular complexity index is 380. The van der Waals surface area contributed by atoms with Crippen LogP contribution < -0.4 is 5.32 Å². The maximum absolute atomic E-state index is 3.56. The quantitative estimate of drug-likeness (QED) is 0.816. The zero-order chi connectivity index (χ0) is 12.2. The molecule has 0 saturated carbocycles. The predicted molar refractivity (Wildman–Crippen MR) is 75.5 cm³/mol. The van der Waals surface area contributed by atoms with E-state index in [1.165, 1.54) is 50.8 Å². The second-order valence-electron chi connectivity index (χ2n) is 5.63. The molecule has 1 atom stereocenters. The average molecular weight is 244 g/mol. The number of nitrogens with zero attached hydrogens (tertiary/aromatic N) is 1. The number of fused-ring (bicyclic) bond motifs is 1. The van der Waals surface area contributed by atoms with E-state index in [4.69, 9.17) is 0 Å². The van der Waals surface area contributed by atoms with E-state index in [1.54, 1.807) is 5.56 Å². The molecule has 1 saturated heterocycles. The summed E-state index contributed by atoms with van der Waals surface area (Å²) in [6.07, 6.45) is 6.86. The van der Waals surface area contributed by atoms with Crippen molar-refractivity contribution in [3.63, 3.8) is 0 Å². The van der Waals surface area contributed by atoms with Gasteiger partial charge in [-0.3, -0.25) is 4.90 Å². The maximum Gasteiger partial charge on any atom is 0.0363 e. The molecule has 2 heteroatoms. The molecule has 2 nitrogen and oxygen atoms in total. The molecule has 2 aliphatic heterocycles. The molecule has 2 aliphatic rings. The van der Waals surface area contributed by atoms with E-state index in [0.717, 1.165) is 13.1 Å². The zero-order valence-electron chi connectivity index (χ0n) is 11.2. The minimum absolute atomic E-state index is 0.647. The fourth-order valence-electron chi connectivity index (χ4n) is 3.42. The summed E-state index contributed by atoms with van der Waals surface area (Å²) in [4.78, 5) is 2.73. The lowest BCUT2D eigenvalue weighted by molar-refractivity contribution is 0.196. The molecule has 18 heavy (non-hydrogen) atoms. The summed E-state index contributed by atoms with van der Waals surface area (Å²) >= 11 is 0. The van der Waals surface area contributed by atoms with Crippen molar-refractivity contribution in [3.8, 4) is 0 Å². The van der Waals surface area contributed by atoms with Crippen LogP contribution in [-0.2, 0) is 6.54 Å². The molecule has 1 aromatic carbocycles. The van der Waals surface area contributed by atoms with Gasteiger partial charge in [-0.05, 0) is 50.0 Å². The minimum Gasteiger partial charge on any atom is -0.313 e. The highest BCUT2D eigenvalue weighted by atomic mass is 15.2.